The molecule has 0 bridgehead atoms. The van der Waals surface area contributed by atoms with Gasteiger partial charge in [0.2, 0.25) is 6.08 Å². The van der Waals surface area contributed by atoms with Crippen LogP contribution in [0.15, 0.2) is 11.3 Å². The average molecular weight is 359 g/mol. The van der Waals surface area contributed by atoms with E-state index in [1.165, 1.54) is 0 Å². The van der Waals surface area contributed by atoms with Crippen LogP contribution < -0.4 is 5.32 Å². The Morgan fingerprint density at radius 3 is 2.92 bits per heavy atom. The van der Waals surface area contributed by atoms with Crippen molar-refractivity contribution in [2.75, 3.05) is 13.1 Å². The van der Waals surface area contributed by atoms with Gasteiger partial charge < -0.3 is 14.8 Å². The standard InChI is InChI=1S/C19H29N5O2/c1-18(2)7-14(22-13-25)8-19(3,10-18)11-20-17(26)24-6-5-15-16(9-24)23(4)12-21-15/h12,14H,5-11H2,1-4H3,(H,20,26). The maximum absolute atomic E-state index is 12.7. The van der Waals surface area contributed by atoms with Crippen molar-refractivity contribution in [3.8, 4) is 0 Å². The van der Waals surface area contributed by atoms with Gasteiger partial charge in [-0.15, -0.1) is 0 Å². The van der Waals surface area contributed by atoms with Gasteiger partial charge in [0.25, 0.3) is 0 Å². The number of carbonyl (C=O) groups is 1. The second-order valence-electron chi connectivity index (χ2n) is 9.01. The predicted molar refractivity (Wildman–Crippen MR) is 98.4 cm³/mol. The molecule has 142 valence electrons. The zero-order valence-electron chi connectivity index (χ0n) is 16.2. The number of fused-ring (bicyclic) bond motifs is 1. The van der Waals surface area contributed by atoms with E-state index < -0.39 is 0 Å². The van der Waals surface area contributed by atoms with Gasteiger partial charge in [-0.2, -0.15) is 0 Å². The molecule has 1 N–H and O–H groups in total. The lowest BCUT2D eigenvalue weighted by Gasteiger charge is -2.45. The van der Waals surface area contributed by atoms with Gasteiger partial charge in [0.05, 0.1) is 30.3 Å². The van der Waals surface area contributed by atoms with E-state index in [1.54, 1.807) is 6.08 Å². The van der Waals surface area contributed by atoms with Crippen molar-refractivity contribution in [3.05, 3.63) is 17.7 Å². The third-order valence-electron chi connectivity index (χ3n) is 5.72. The largest absolute Gasteiger partial charge is 0.337 e. The first-order valence-electron chi connectivity index (χ1n) is 9.30. The van der Waals surface area contributed by atoms with Crippen molar-refractivity contribution >= 4 is 12.1 Å². The molecule has 2 unspecified atom stereocenters. The fourth-order valence-corrected chi connectivity index (χ4v) is 4.87. The van der Waals surface area contributed by atoms with Crippen LogP contribution in [0.2, 0.25) is 0 Å². The molecule has 7 heteroatoms. The summed E-state index contributed by atoms with van der Waals surface area (Å²) in [6, 6.07) is -0.0398. The van der Waals surface area contributed by atoms with Gasteiger partial charge in [-0.25, -0.2) is 19.6 Å². The van der Waals surface area contributed by atoms with Gasteiger partial charge in [-0.05, 0) is 30.1 Å². The summed E-state index contributed by atoms with van der Waals surface area (Å²) in [5, 5.41) is 3.12. The molecule has 2 heterocycles. The number of carbonyl (C=O) groups excluding carboxylic acids is 2. The van der Waals surface area contributed by atoms with Crippen molar-refractivity contribution in [1.29, 1.82) is 0 Å². The molecule has 3 rings (SSSR count). The number of isocyanates is 1. The third kappa shape index (κ3) is 3.98. The molecule has 7 nitrogen and oxygen atoms in total. The Labute approximate surface area is 154 Å². The van der Waals surface area contributed by atoms with E-state index in [2.05, 4.69) is 36.1 Å². The monoisotopic (exact) mass is 359 g/mol. The Morgan fingerprint density at radius 1 is 1.42 bits per heavy atom. The minimum atomic E-state index is -0.0735. The number of nitrogens with zero attached hydrogens (tertiary/aromatic N) is 4. The van der Waals surface area contributed by atoms with Crippen molar-refractivity contribution in [2.45, 2.75) is 59.0 Å². The first kappa shape index (κ1) is 18.6. The van der Waals surface area contributed by atoms with Crippen molar-refractivity contribution in [1.82, 2.24) is 19.8 Å². The normalized spacial score (nSPS) is 27.4. The lowest BCUT2D eigenvalue weighted by molar-refractivity contribution is 0.0828. The van der Waals surface area contributed by atoms with Crippen LogP contribution in [-0.2, 0) is 24.8 Å². The Balaban J connectivity index is 1.61. The molecule has 0 radical (unpaired) electrons. The van der Waals surface area contributed by atoms with Crippen LogP contribution in [0.3, 0.4) is 0 Å². The van der Waals surface area contributed by atoms with Crippen molar-refractivity contribution in [3.63, 3.8) is 0 Å². The van der Waals surface area contributed by atoms with E-state index in [4.69, 9.17) is 0 Å². The number of aryl methyl sites for hydroxylation is 1. The van der Waals surface area contributed by atoms with Crippen LogP contribution in [0.4, 0.5) is 4.79 Å². The highest BCUT2D eigenvalue weighted by atomic mass is 16.2. The number of urea groups is 1. The summed E-state index contributed by atoms with van der Waals surface area (Å²) < 4.78 is 1.99. The smallest absolute Gasteiger partial charge is 0.317 e. The van der Waals surface area contributed by atoms with E-state index in [9.17, 15) is 9.59 Å². The number of rotatable bonds is 3. The van der Waals surface area contributed by atoms with Crippen molar-refractivity contribution < 1.29 is 9.59 Å². The van der Waals surface area contributed by atoms with E-state index in [0.29, 0.717) is 19.6 Å². The topological polar surface area (TPSA) is 79.6 Å². The molecular formula is C19H29N5O2. The second-order valence-corrected chi connectivity index (χ2v) is 9.01. The van der Waals surface area contributed by atoms with Gasteiger partial charge in [0, 0.05) is 26.6 Å². The summed E-state index contributed by atoms with van der Waals surface area (Å²) in [6.07, 6.45) is 7.01. The lowest BCUT2D eigenvalue weighted by atomic mass is 9.63. The van der Waals surface area contributed by atoms with E-state index in [-0.39, 0.29) is 22.9 Å². The minimum Gasteiger partial charge on any atom is -0.337 e. The second kappa shape index (κ2) is 6.88. The predicted octanol–water partition coefficient (Wildman–Crippen LogP) is 2.41. The molecule has 0 saturated heterocycles. The Kier molecular flexibility index (Phi) is 4.93. The van der Waals surface area contributed by atoms with E-state index in [1.807, 2.05) is 22.8 Å². The Hall–Kier alpha value is -2.14. The van der Waals surface area contributed by atoms with Gasteiger partial charge in [-0.1, -0.05) is 20.8 Å². The highest BCUT2D eigenvalue weighted by Crippen LogP contribution is 2.46. The fraction of sp³-hybridized carbons (Fsp3) is 0.737. The molecule has 1 aliphatic heterocycles. The van der Waals surface area contributed by atoms with Gasteiger partial charge in [0.15, 0.2) is 0 Å². The summed E-state index contributed by atoms with van der Waals surface area (Å²) in [5.74, 6) is 0. The first-order valence-corrected chi connectivity index (χ1v) is 9.30. The number of imidazole rings is 1. The number of hydrogen-bond donors (Lipinski definition) is 1. The minimum absolute atomic E-state index is 0.00913. The third-order valence-corrected chi connectivity index (χ3v) is 5.72. The molecule has 1 aromatic heterocycles. The number of aliphatic imine (C=N–C) groups is 1. The molecule has 2 atom stereocenters. The van der Waals surface area contributed by atoms with Crippen LogP contribution in [0, 0.1) is 10.8 Å². The molecule has 1 aromatic rings. The van der Waals surface area contributed by atoms with Crippen LogP contribution in [0.1, 0.15) is 51.4 Å². The highest BCUT2D eigenvalue weighted by Gasteiger charge is 2.41. The summed E-state index contributed by atoms with van der Waals surface area (Å²) in [5.41, 5.74) is 2.22. The zero-order valence-corrected chi connectivity index (χ0v) is 16.2. The summed E-state index contributed by atoms with van der Waals surface area (Å²) in [7, 11) is 1.96. The Morgan fingerprint density at radius 2 is 2.19 bits per heavy atom. The SMILES string of the molecule is Cn1cnc2c1CN(C(=O)NCC1(C)CC(N=C=O)CC(C)(C)C1)CC2. The molecule has 2 amide bonds. The zero-order chi connectivity index (χ0) is 18.9. The first-order chi connectivity index (χ1) is 12.2. The van der Waals surface area contributed by atoms with E-state index >= 15 is 0 Å². The lowest BCUT2D eigenvalue weighted by Crippen LogP contribution is -2.49. The van der Waals surface area contributed by atoms with Gasteiger partial charge in [0.1, 0.15) is 0 Å². The summed E-state index contributed by atoms with van der Waals surface area (Å²) in [6.45, 7) is 8.46. The summed E-state index contributed by atoms with van der Waals surface area (Å²) >= 11 is 0. The van der Waals surface area contributed by atoms with Crippen LogP contribution in [0.5, 0.6) is 0 Å². The molecule has 26 heavy (non-hydrogen) atoms. The maximum Gasteiger partial charge on any atom is 0.317 e. The van der Waals surface area contributed by atoms with Crippen LogP contribution >= 0.6 is 0 Å². The summed E-state index contributed by atoms with van der Waals surface area (Å²) in [4.78, 5) is 33.6. The molecule has 2 aliphatic rings. The van der Waals surface area contributed by atoms with Crippen molar-refractivity contribution in [2.24, 2.45) is 22.9 Å². The number of nitrogens with one attached hydrogen (secondary N) is 1. The van der Waals surface area contributed by atoms with Crippen LogP contribution in [0.25, 0.3) is 0 Å². The molecule has 1 saturated carbocycles. The average Bonchev–Trinajstić information content (AvgIpc) is 2.92. The molecule has 0 aromatic carbocycles. The maximum atomic E-state index is 12.7. The molecular weight excluding hydrogens is 330 g/mol. The highest BCUT2D eigenvalue weighted by molar-refractivity contribution is 5.74. The fourth-order valence-electron chi connectivity index (χ4n) is 4.87. The molecule has 0 spiro atoms. The van der Waals surface area contributed by atoms with Gasteiger partial charge in [-0.3, -0.25) is 0 Å². The molecule has 1 aliphatic carbocycles. The van der Waals surface area contributed by atoms with Crippen LogP contribution in [-0.4, -0.2) is 45.7 Å². The Bertz CT molecular complexity index is 734. The van der Waals surface area contributed by atoms with Gasteiger partial charge >= 0.3 is 6.03 Å². The molecule has 1 fully saturated rings. The van der Waals surface area contributed by atoms with E-state index in [0.717, 1.165) is 37.1 Å². The number of hydrogen-bond acceptors (Lipinski definition) is 4. The quantitative estimate of drug-likeness (QED) is 0.665. The number of aromatic nitrogens is 2. The number of amides is 2.